The second kappa shape index (κ2) is 12.3. The van der Waals surface area contributed by atoms with E-state index in [-0.39, 0.29) is 40.1 Å². The van der Waals surface area contributed by atoms with E-state index in [1.807, 2.05) is 0 Å². The SMILES string of the molecule is COc1cc(C2Oc3cc(O)cc(O[C@@H]4O[C@H](CO)[C@@H](O)[C@H](O)[C@H]4O)c3C=C2O[C@@H]2O[C@H](C)[C@H](O)[C@@H](O)[C@@H]2O)ccc1O. The number of aliphatic hydroxyl groups excluding tert-OH is 7. The predicted octanol–water partition coefficient (Wildman–Crippen LogP) is -1.40. The molecule has 0 spiro atoms. The fourth-order valence-corrected chi connectivity index (χ4v) is 5.05. The number of fused-ring (bicyclic) bond motifs is 1. The minimum absolute atomic E-state index is 0.00979. The van der Waals surface area contributed by atoms with Gasteiger partial charge < -0.3 is 74.4 Å². The monoisotopic (exact) mass is 610 g/mol. The van der Waals surface area contributed by atoms with Crippen LogP contribution >= 0.6 is 0 Å². The van der Waals surface area contributed by atoms with Gasteiger partial charge in [0.05, 0.1) is 25.4 Å². The fraction of sp³-hybridized carbons (Fsp3) is 0.500. The number of hydrogen-bond acceptors (Lipinski definition) is 15. The van der Waals surface area contributed by atoms with Crippen LogP contribution < -0.4 is 14.2 Å². The summed E-state index contributed by atoms with van der Waals surface area (Å²) in [6, 6.07) is 6.76. The van der Waals surface area contributed by atoms with Crippen molar-refractivity contribution in [1.29, 1.82) is 0 Å². The lowest BCUT2D eigenvalue weighted by Gasteiger charge is -2.41. The molecule has 2 aromatic rings. The van der Waals surface area contributed by atoms with Gasteiger partial charge in [-0.3, -0.25) is 0 Å². The quantitative estimate of drug-likeness (QED) is 0.175. The normalized spacial score (nSPS) is 35.7. The van der Waals surface area contributed by atoms with E-state index >= 15 is 0 Å². The first-order chi connectivity index (χ1) is 20.4. The second-order valence-corrected chi connectivity index (χ2v) is 10.4. The van der Waals surface area contributed by atoms with Crippen molar-refractivity contribution < 1.29 is 74.4 Å². The van der Waals surface area contributed by atoms with Crippen molar-refractivity contribution in [2.75, 3.05) is 13.7 Å². The van der Waals surface area contributed by atoms with E-state index in [1.54, 1.807) is 0 Å². The Bertz CT molecular complexity index is 1330. The van der Waals surface area contributed by atoms with Gasteiger partial charge in [0, 0.05) is 17.7 Å². The zero-order valence-corrected chi connectivity index (χ0v) is 23.0. The van der Waals surface area contributed by atoms with Crippen LogP contribution in [0.25, 0.3) is 6.08 Å². The number of aromatic hydroxyl groups is 2. The highest BCUT2D eigenvalue weighted by Gasteiger charge is 2.46. The molecule has 3 heterocycles. The van der Waals surface area contributed by atoms with Crippen molar-refractivity contribution in [3.8, 4) is 28.7 Å². The lowest BCUT2D eigenvalue weighted by Crippen LogP contribution is -2.60. The van der Waals surface area contributed by atoms with Gasteiger partial charge in [-0.25, -0.2) is 0 Å². The van der Waals surface area contributed by atoms with E-state index in [1.165, 1.54) is 44.4 Å². The zero-order valence-electron chi connectivity index (χ0n) is 23.0. The molecule has 3 aliphatic heterocycles. The van der Waals surface area contributed by atoms with E-state index < -0.39 is 74.1 Å². The summed E-state index contributed by atoms with van der Waals surface area (Å²) in [5.74, 6) is -0.456. The highest BCUT2D eigenvalue weighted by molar-refractivity contribution is 5.70. The van der Waals surface area contributed by atoms with E-state index in [2.05, 4.69) is 0 Å². The molecule has 1 unspecified atom stereocenters. The third-order valence-electron chi connectivity index (χ3n) is 7.54. The van der Waals surface area contributed by atoms with Crippen molar-refractivity contribution in [2.45, 2.75) is 74.4 Å². The fourth-order valence-electron chi connectivity index (χ4n) is 5.05. The number of rotatable bonds is 7. The lowest BCUT2D eigenvalue weighted by atomic mass is 9.98. The first-order valence-corrected chi connectivity index (χ1v) is 13.4. The Labute approximate surface area is 244 Å². The van der Waals surface area contributed by atoms with Crippen LogP contribution in [0.1, 0.15) is 24.2 Å². The predicted molar refractivity (Wildman–Crippen MR) is 142 cm³/mol. The lowest BCUT2D eigenvalue weighted by molar-refractivity contribution is -0.285. The smallest absolute Gasteiger partial charge is 0.229 e. The summed E-state index contributed by atoms with van der Waals surface area (Å²) in [7, 11) is 1.35. The van der Waals surface area contributed by atoms with Gasteiger partial charge in [0.15, 0.2) is 17.6 Å². The van der Waals surface area contributed by atoms with Gasteiger partial charge in [0.1, 0.15) is 65.7 Å². The van der Waals surface area contributed by atoms with Crippen LogP contribution in [0.2, 0.25) is 0 Å². The maximum Gasteiger partial charge on any atom is 0.229 e. The number of methoxy groups -OCH3 is 1. The number of aliphatic hydroxyl groups is 7. The first-order valence-electron chi connectivity index (χ1n) is 13.4. The number of hydrogen-bond donors (Lipinski definition) is 9. The Morgan fingerprint density at radius 3 is 2.12 bits per heavy atom. The maximum absolute atomic E-state index is 10.6. The van der Waals surface area contributed by atoms with Crippen molar-refractivity contribution in [3.05, 3.63) is 47.2 Å². The first kappa shape index (κ1) is 31.1. The molecule has 5 rings (SSSR count). The summed E-state index contributed by atoms with van der Waals surface area (Å²) in [6.07, 6.45) is -14.7. The van der Waals surface area contributed by atoms with Gasteiger partial charge >= 0.3 is 0 Å². The topological polar surface area (TPSA) is 237 Å². The van der Waals surface area contributed by atoms with Gasteiger partial charge in [0.2, 0.25) is 12.6 Å². The molecule has 15 heteroatoms. The average molecular weight is 611 g/mol. The molecular weight excluding hydrogens is 576 g/mol. The van der Waals surface area contributed by atoms with E-state index in [0.717, 1.165) is 6.07 Å². The van der Waals surface area contributed by atoms with Crippen LogP contribution in [0, 0.1) is 0 Å². The Kier molecular flexibility index (Phi) is 8.89. The van der Waals surface area contributed by atoms with Crippen LogP contribution in [0.15, 0.2) is 36.1 Å². The Balaban J connectivity index is 1.55. The van der Waals surface area contributed by atoms with Gasteiger partial charge in [-0.2, -0.15) is 0 Å². The molecule has 2 aromatic carbocycles. The molecule has 3 aliphatic rings. The molecule has 0 saturated carbocycles. The van der Waals surface area contributed by atoms with Crippen molar-refractivity contribution >= 4 is 6.08 Å². The summed E-state index contributed by atoms with van der Waals surface area (Å²) >= 11 is 0. The molecule has 15 nitrogen and oxygen atoms in total. The van der Waals surface area contributed by atoms with Crippen LogP contribution in [0.5, 0.6) is 28.7 Å². The third kappa shape index (κ3) is 5.91. The summed E-state index contributed by atoms with van der Waals surface area (Å²) in [6.45, 7) is 0.791. The molecular formula is C28H34O15. The highest BCUT2D eigenvalue weighted by Crippen LogP contribution is 2.46. The van der Waals surface area contributed by atoms with Gasteiger partial charge in [-0.1, -0.05) is 6.07 Å². The summed E-state index contributed by atoms with van der Waals surface area (Å²) in [4.78, 5) is 0. The number of phenolic OH excluding ortho intramolecular Hbond substituents is 2. The molecule has 2 fully saturated rings. The zero-order chi connectivity index (χ0) is 31.2. The Morgan fingerprint density at radius 1 is 0.767 bits per heavy atom. The number of phenols is 2. The molecule has 43 heavy (non-hydrogen) atoms. The van der Waals surface area contributed by atoms with Crippen LogP contribution in [-0.2, 0) is 14.2 Å². The minimum atomic E-state index is -1.75. The molecule has 0 aliphatic carbocycles. The third-order valence-corrected chi connectivity index (χ3v) is 7.54. The molecule has 2 saturated heterocycles. The Morgan fingerprint density at radius 2 is 1.44 bits per heavy atom. The number of benzene rings is 2. The van der Waals surface area contributed by atoms with Crippen molar-refractivity contribution in [3.63, 3.8) is 0 Å². The summed E-state index contributed by atoms with van der Waals surface area (Å²) in [5.41, 5.74) is 0.538. The van der Waals surface area contributed by atoms with E-state index in [0.29, 0.717) is 5.56 Å². The molecule has 11 atom stereocenters. The molecule has 0 bridgehead atoms. The molecule has 0 amide bonds. The highest BCUT2D eigenvalue weighted by atomic mass is 16.7. The Hall–Kier alpha value is -3.38. The van der Waals surface area contributed by atoms with Gasteiger partial charge in [0.25, 0.3) is 0 Å². The largest absolute Gasteiger partial charge is 0.508 e. The molecule has 0 aromatic heterocycles. The van der Waals surface area contributed by atoms with E-state index in [9.17, 15) is 46.0 Å². The van der Waals surface area contributed by atoms with E-state index in [4.69, 9.17) is 28.4 Å². The summed E-state index contributed by atoms with van der Waals surface area (Å²) < 4.78 is 34.3. The maximum atomic E-state index is 10.6. The van der Waals surface area contributed by atoms with Gasteiger partial charge in [-0.05, 0) is 25.1 Å². The summed E-state index contributed by atoms with van der Waals surface area (Å²) in [5, 5.41) is 91.9. The minimum Gasteiger partial charge on any atom is -0.508 e. The van der Waals surface area contributed by atoms with Crippen LogP contribution in [0.4, 0.5) is 0 Å². The van der Waals surface area contributed by atoms with Crippen molar-refractivity contribution in [2.24, 2.45) is 0 Å². The van der Waals surface area contributed by atoms with Crippen molar-refractivity contribution in [1.82, 2.24) is 0 Å². The van der Waals surface area contributed by atoms with Gasteiger partial charge in [-0.15, -0.1) is 0 Å². The molecule has 9 N–H and O–H groups in total. The van der Waals surface area contributed by atoms with Crippen LogP contribution in [-0.4, -0.2) is 121 Å². The molecule has 0 radical (unpaired) electrons. The standard InChI is InChI=1S/C28H34O15/c1-10-20(32)22(34)24(36)27(39-10)42-18-8-13-15(40-26(18)11-3-4-14(31)17(5-11)38-2)6-12(30)7-16(13)41-28-25(37)23(35)21(33)19(9-29)43-28/h3-8,10,19-37H,9H2,1-2H3/t10-,19-,20+,21-,22-,23+,24+,25-,26?,27+,28-/m1/s1. The second-order valence-electron chi connectivity index (χ2n) is 10.4. The number of ether oxygens (including phenoxy) is 6. The average Bonchev–Trinajstić information content (AvgIpc) is 2.99. The van der Waals surface area contributed by atoms with Crippen LogP contribution in [0.3, 0.4) is 0 Å². The molecule has 236 valence electrons.